The van der Waals surface area contributed by atoms with Gasteiger partial charge in [0.05, 0.1) is 6.10 Å². The fourth-order valence-corrected chi connectivity index (χ4v) is 3.34. The summed E-state index contributed by atoms with van der Waals surface area (Å²) in [4.78, 5) is 25.7. The Kier molecular flexibility index (Phi) is 6.02. The van der Waals surface area contributed by atoms with Crippen LogP contribution in [-0.4, -0.2) is 41.9 Å². The fourth-order valence-electron chi connectivity index (χ4n) is 3.34. The highest BCUT2D eigenvalue weighted by Crippen LogP contribution is 2.23. The Labute approximate surface area is 121 Å². The maximum absolute atomic E-state index is 12.4. The Hall–Kier alpha value is -0.900. The fraction of sp³-hybridized carbons (Fsp3) is 0.875. The van der Waals surface area contributed by atoms with Crippen LogP contribution in [0.1, 0.15) is 64.7 Å². The molecule has 0 aromatic heterocycles. The highest BCUT2D eigenvalue weighted by Gasteiger charge is 2.28. The number of hydrogen-bond acceptors (Lipinski definition) is 3. The van der Waals surface area contributed by atoms with Crippen molar-refractivity contribution in [2.75, 3.05) is 13.2 Å². The lowest BCUT2D eigenvalue weighted by Gasteiger charge is -2.36. The van der Waals surface area contributed by atoms with E-state index in [4.69, 9.17) is 4.74 Å². The van der Waals surface area contributed by atoms with Crippen molar-refractivity contribution in [3.63, 3.8) is 0 Å². The van der Waals surface area contributed by atoms with Crippen LogP contribution in [0.4, 0.5) is 0 Å². The molecule has 2 fully saturated rings. The average molecular weight is 281 g/mol. The predicted molar refractivity (Wildman–Crippen MR) is 77.5 cm³/mol. The zero-order valence-corrected chi connectivity index (χ0v) is 12.6. The van der Waals surface area contributed by atoms with Gasteiger partial charge in [-0.3, -0.25) is 9.59 Å². The molecule has 2 aliphatic heterocycles. The first-order chi connectivity index (χ1) is 9.66. The van der Waals surface area contributed by atoms with Crippen molar-refractivity contribution in [2.24, 2.45) is 0 Å². The van der Waals surface area contributed by atoms with E-state index in [0.717, 1.165) is 51.7 Å². The first-order valence-corrected chi connectivity index (χ1v) is 8.07. The zero-order chi connectivity index (χ0) is 14.4. The number of rotatable bonds is 5. The zero-order valence-electron chi connectivity index (χ0n) is 12.6. The number of piperidine rings is 1. The molecule has 0 N–H and O–H groups in total. The molecular weight excluding hydrogens is 254 g/mol. The van der Waals surface area contributed by atoms with E-state index in [1.54, 1.807) is 6.92 Å². The molecule has 4 heteroatoms. The molecule has 0 aromatic rings. The van der Waals surface area contributed by atoms with Gasteiger partial charge in [0.2, 0.25) is 5.91 Å². The molecule has 2 atom stereocenters. The van der Waals surface area contributed by atoms with Crippen LogP contribution in [-0.2, 0) is 14.3 Å². The summed E-state index contributed by atoms with van der Waals surface area (Å²) in [6.07, 6.45) is 8.83. The van der Waals surface area contributed by atoms with Crippen LogP contribution in [0.25, 0.3) is 0 Å². The van der Waals surface area contributed by atoms with Crippen molar-refractivity contribution >= 4 is 11.7 Å². The molecule has 2 aliphatic rings. The largest absolute Gasteiger partial charge is 0.378 e. The first kappa shape index (κ1) is 15.5. The van der Waals surface area contributed by atoms with Gasteiger partial charge in [0.25, 0.3) is 0 Å². The Morgan fingerprint density at radius 3 is 2.65 bits per heavy atom. The summed E-state index contributed by atoms with van der Waals surface area (Å²) in [5.41, 5.74) is 0. The topological polar surface area (TPSA) is 46.6 Å². The molecule has 2 heterocycles. The van der Waals surface area contributed by atoms with Crippen molar-refractivity contribution < 1.29 is 14.3 Å². The van der Waals surface area contributed by atoms with Gasteiger partial charge in [-0.15, -0.1) is 0 Å². The van der Waals surface area contributed by atoms with Crippen LogP contribution < -0.4 is 0 Å². The summed E-state index contributed by atoms with van der Waals surface area (Å²) in [6, 6.07) is 0.140. The third-order valence-electron chi connectivity index (χ3n) is 4.42. The van der Waals surface area contributed by atoms with E-state index >= 15 is 0 Å². The second kappa shape index (κ2) is 7.77. The monoisotopic (exact) mass is 281 g/mol. The summed E-state index contributed by atoms with van der Waals surface area (Å²) < 4.78 is 5.68. The molecular formula is C16H27NO3. The van der Waals surface area contributed by atoms with Gasteiger partial charge in [0.15, 0.2) is 0 Å². The van der Waals surface area contributed by atoms with E-state index in [0.29, 0.717) is 12.8 Å². The van der Waals surface area contributed by atoms with E-state index in [1.807, 2.05) is 4.90 Å². The van der Waals surface area contributed by atoms with E-state index in [2.05, 4.69) is 0 Å². The highest BCUT2D eigenvalue weighted by molar-refractivity contribution is 5.79. The number of carbonyl (C=O) groups excluding carboxylic acids is 2. The minimum Gasteiger partial charge on any atom is -0.378 e. The number of hydrogen-bond donors (Lipinski definition) is 0. The van der Waals surface area contributed by atoms with Gasteiger partial charge in [-0.2, -0.15) is 0 Å². The lowest BCUT2D eigenvalue weighted by Crippen LogP contribution is -2.44. The number of likely N-dealkylation sites (tertiary alicyclic amines) is 1. The molecule has 0 aromatic carbocycles. The SMILES string of the molecule is CC(=O)CC1CCCCN1C(=O)CCC1CCCCO1. The van der Waals surface area contributed by atoms with Gasteiger partial charge in [0.1, 0.15) is 5.78 Å². The average Bonchev–Trinajstić information content (AvgIpc) is 2.46. The lowest BCUT2D eigenvalue weighted by molar-refractivity contribution is -0.136. The second-order valence-electron chi connectivity index (χ2n) is 6.17. The van der Waals surface area contributed by atoms with Crippen molar-refractivity contribution in [1.29, 1.82) is 0 Å². The Bertz CT molecular complexity index is 337. The van der Waals surface area contributed by atoms with Crippen LogP contribution in [0.15, 0.2) is 0 Å². The maximum atomic E-state index is 12.4. The quantitative estimate of drug-likeness (QED) is 0.778. The number of nitrogens with zero attached hydrogens (tertiary/aromatic N) is 1. The second-order valence-corrected chi connectivity index (χ2v) is 6.17. The summed E-state index contributed by atoms with van der Waals surface area (Å²) in [6.45, 7) is 3.28. The van der Waals surface area contributed by atoms with Gasteiger partial charge in [-0.25, -0.2) is 0 Å². The molecule has 2 saturated heterocycles. The third-order valence-corrected chi connectivity index (χ3v) is 4.42. The van der Waals surface area contributed by atoms with Crippen molar-refractivity contribution in [3.8, 4) is 0 Å². The van der Waals surface area contributed by atoms with Crippen molar-refractivity contribution in [1.82, 2.24) is 4.90 Å². The van der Waals surface area contributed by atoms with Crippen LogP contribution in [0, 0.1) is 0 Å². The van der Waals surface area contributed by atoms with Crippen LogP contribution in [0.3, 0.4) is 0 Å². The molecule has 0 saturated carbocycles. The van der Waals surface area contributed by atoms with Crippen molar-refractivity contribution in [3.05, 3.63) is 0 Å². The van der Waals surface area contributed by atoms with Gasteiger partial charge in [0, 0.05) is 32.0 Å². The molecule has 1 amide bonds. The summed E-state index contributed by atoms with van der Waals surface area (Å²) in [7, 11) is 0. The standard InChI is InChI=1S/C16H27NO3/c1-13(18)12-14-6-2-4-10-17(14)16(19)9-8-15-7-3-5-11-20-15/h14-15H,2-12H2,1H3. The number of amides is 1. The van der Waals surface area contributed by atoms with Crippen LogP contribution in [0.2, 0.25) is 0 Å². The van der Waals surface area contributed by atoms with Gasteiger partial charge < -0.3 is 9.64 Å². The molecule has 0 bridgehead atoms. The first-order valence-electron chi connectivity index (χ1n) is 8.07. The predicted octanol–water partition coefficient (Wildman–Crippen LogP) is 2.70. The minimum atomic E-state index is 0.140. The summed E-state index contributed by atoms with van der Waals surface area (Å²) in [5.74, 6) is 0.399. The van der Waals surface area contributed by atoms with E-state index < -0.39 is 0 Å². The third kappa shape index (κ3) is 4.58. The minimum absolute atomic E-state index is 0.140. The van der Waals surface area contributed by atoms with Gasteiger partial charge >= 0.3 is 0 Å². The van der Waals surface area contributed by atoms with E-state index in [9.17, 15) is 9.59 Å². The Morgan fingerprint density at radius 2 is 1.95 bits per heavy atom. The smallest absolute Gasteiger partial charge is 0.222 e. The lowest BCUT2D eigenvalue weighted by atomic mass is 9.96. The number of Topliss-reactive ketones (excluding diaryl/α,β-unsaturated/α-hetero) is 1. The molecule has 0 spiro atoms. The molecule has 0 aliphatic carbocycles. The molecule has 4 nitrogen and oxygen atoms in total. The maximum Gasteiger partial charge on any atom is 0.222 e. The van der Waals surface area contributed by atoms with E-state index in [1.165, 1.54) is 6.42 Å². The Balaban J connectivity index is 1.80. The van der Waals surface area contributed by atoms with Gasteiger partial charge in [-0.1, -0.05) is 0 Å². The molecule has 2 rings (SSSR count). The van der Waals surface area contributed by atoms with E-state index in [-0.39, 0.29) is 23.8 Å². The molecule has 2 unspecified atom stereocenters. The summed E-state index contributed by atoms with van der Waals surface area (Å²) >= 11 is 0. The summed E-state index contributed by atoms with van der Waals surface area (Å²) in [5, 5.41) is 0. The number of carbonyl (C=O) groups is 2. The Morgan fingerprint density at radius 1 is 1.15 bits per heavy atom. The van der Waals surface area contributed by atoms with Crippen LogP contribution >= 0.6 is 0 Å². The van der Waals surface area contributed by atoms with Crippen molar-refractivity contribution in [2.45, 2.75) is 76.9 Å². The number of ketones is 1. The van der Waals surface area contributed by atoms with Gasteiger partial charge in [-0.05, 0) is 51.9 Å². The molecule has 0 radical (unpaired) electrons. The normalized spacial score (nSPS) is 27.4. The highest BCUT2D eigenvalue weighted by atomic mass is 16.5. The number of ether oxygens (including phenoxy) is 1. The molecule has 114 valence electrons. The molecule has 20 heavy (non-hydrogen) atoms. The van der Waals surface area contributed by atoms with Crippen LogP contribution in [0.5, 0.6) is 0 Å².